The second-order valence-electron chi connectivity index (χ2n) is 14.9. The molecule has 1 saturated carbocycles. The molecule has 266 valence electrons. The molecule has 1 aromatic carbocycles. The number of nitrogens with two attached hydrogens (primary N) is 2. The minimum Gasteiger partial charge on any atom is -0.497 e. The van der Waals surface area contributed by atoms with E-state index in [9.17, 15) is 19.2 Å². The van der Waals surface area contributed by atoms with Crippen LogP contribution in [-0.4, -0.2) is 71.0 Å². The Morgan fingerprint density at radius 2 is 1.53 bits per heavy atom. The Kier molecular flexibility index (Phi) is 14.5. The molecule has 1 aliphatic rings. The van der Waals surface area contributed by atoms with Crippen LogP contribution >= 0.6 is 0 Å². The SMILES string of the molecule is COc1ccc(C[C@H](NC(C)=O)C(=O)C(C2CCCCC2)C(C(=O)C(F)(F)C(N)CC(C)C)N(C(=O)[C@@H](N)C(C)C)C(C)(C)C)cc1. The van der Waals surface area contributed by atoms with Gasteiger partial charge in [-0.25, -0.2) is 0 Å². The van der Waals surface area contributed by atoms with E-state index in [-0.39, 0.29) is 24.7 Å². The van der Waals surface area contributed by atoms with Crippen molar-refractivity contribution in [2.24, 2.45) is 35.1 Å². The first-order valence-corrected chi connectivity index (χ1v) is 16.9. The maximum absolute atomic E-state index is 16.4. The largest absolute Gasteiger partial charge is 0.497 e. The van der Waals surface area contributed by atoms with Gasteiger partial charge in [0.05, 0.1) is 31.2 Å². The summed E-state index contributed by atoms with van der Waals surface area (Å²) in [6, 6.07) is 0.977. The standard InChI is InChI=1S/C36H58F2N4O5/c1-21(2)19-28(39)36(37,38)33(45)31(42(35(6,7)8)34(46)30(40)22(3)4)29(25-13-11-10-12-14-25)32(44)27(41-23(5)43)20-24-15-17-26(47-9)18-16-24/h15-18,21-22,25,27-31H,10-14,19-20,39-40H2,1-9H3,(H,41,43)/t27-,28?,29?,30-,31?/m0/s1. The molecular weight excluding hydrogens is 606 g/mol. The number of nitrogens with zero attached hydrogens (tertiary/aromatic N) is 1. The molecule has 1 aliphatic carbocycles. The number of amides is 2. The minimum absolute atomic E-state index is 0.0464. The topological polar surface area (TPSA) is 145 Å². The molecule has 0 heterocycles. The van der Waals surface area contributed by atoms with Gasteiger partial charge in [0.2, 0.25) is 17.6 Å². The summed E-state index contributed by atoms with van der Waals surface area (Å²) in [5, 5.41) is 2.73. The third kappa shape index (κ3) is 10.5. The quantitative estimate of drug-likeness (QED) is 0.224. The Balaban J connectivity index is 2.89. The number of ether oxygens (including phenoxy) is 1. The van der Waals surface area contributed by atoms with Gasteiger partial charge in [-0.1, -0.05) is 59.1 Å². The predicted octanol–water partition coefficient (Wildman–Crippen LogP) is 5.06. The molecule has 9 nitrogen and oxygen atoms in total. The van der Waals surface area contributed by atoms with Crippen LogP contribution in [0.25, 0.3) is 0 Å². The van der Waals surface area contributed by atoms with Gasteiger partial charge >= 0.3 is 5.92 Å². The van der Waals surface area contributed by atoms with E-state index in [0.717, 1.165) is 24.2 Å². The van der Waals surface area contributed by atoms with Gasteiger partial charge in [-0.3, -0.25) is 19.2 Å². The number of benzene rings is 1. The summed E-state index contributed by atoms with van der Waals surface area (Å²) < 4.78 is 38.0. The van der Waals surface area contributed by atoms with Crippen molar-refractivity contribution in [2.45, 2.75) is 136 Å². The first-order chi connectivity index (χ1) is 21.7. The zero-order valence-electron chi connectivity index (χ0n) is 29.8. The van der Waals surface area contributed by atoms with Gasteiger partial charge in [-0.2, -0.15) is 8.78 Å². The number of rotatable bonds is 16. The van der Waals surface area contributed by atoms with Crippen molar-refractivity contribution in [3.05, 3.63) is 29.8 Å². The highest BCUT2D eigenvalue weighted by Crippen LogP contribution is 2.40. The Morgan fingerprint density at radius 1 is 0.979 bits per heavy atom. The molecule has 3 unspecified atom stereocenters. The number of halogens is 2. The van der Waals surface area contributed by atoms with Crippen LogP contribution < -0.4 is 21.5 Å². The number of Topliss-reactive ketones (excluding diaryl/α,β-unsaturated/α-hetero) is 2. The molecule has 0 spiro atoms. The highest BCUT2D eigenvalue weighted by atomic mass is 19.3. The fraction of sp³-hybridized carbons (Fsp3) is 0.722. The number of methoxy groups -OCH3 is 1. The molecule has 5 atom stereocenters. The summed E-state index contributed by atoms with van der Waals surface area (Å²) >= 11 is 0. The number of hydrogen-bond acceptors (Lipinski definition) is 7. The van der Waals surface area contributed by atoms with Crippen LogP contribution in [-0.2, 0) is 25.6 Å². The molecule has 0 aromatic heterocycles. The van der Waals surface area contributed by atoms with Crippen molar-refractivity contribution in [1.82, 2.24) is 10.2 Å². The second kappa shape index (κ2) is 17.0. The molecular formula is C36H58F2N4O5. The second-order valence-corrected chi connectivity index (χ2v) is 14.9. The molecule has 0 radical (unpaired) electrons. The van der Waals surface area contributed by atoms with Crippen LogP contribution in [0.5, 0.6) is 5.75 Å². The van der Waals surface area contributed by atoms with Crippen LogP contribution in [0.15, 0.2) is 24.3 Å². The third-order valence-electron chi connectivity index (χ3n) is 9.18. The average Bonchev–Trinajstić information content (AvgIpc) is 2.98. The van der Waals surface area contributed by atoms with Crippen LogP contribution in [0.3, 0.4) is 0 Å². The first kappa shape index (κ1) is 40.3. The summed E-state index contributed by atoms with van der Waals surface area (Å²) in [4.78, 5) is 57.3. The van der Waals surface area contributed by atoms with Crippen molar-refractivity contribution in [3.63, 3.8) is 0 Å². The normalized spacial score (nSPS) is 17.9. The fourth-order valence-corrected chi connectivity index (χ4v) is 6.64. The molecule has 1 fully saturated rings. The lowest BCUT2D eigenvalue weighted by atomic mass is 9.69. The van der Waals surface area contributed by atoms with Crippen LogP contribution in [0.2, 0.25) is 0 Å². The number of carbonyl (C=O) groups is 4. The lowest BCUT2D eigenvalue weighted by Crippen LogP contribution is -2.68. The maximum atomic E-state index is 16.4. The van der Waals surface area contributed by atoms with Gasteiger partial charge in [0, 0.05) is 12.5 Å². The summed E-state index contributed by atoms with van der Waals surface area (Å²) in [6.45, 7) is 13.2. The van der Waals surface area contributed by atoms with E-state index in [0.29, 0.717) is 24.2 Å². The molecule has 11 heteroatoms. The number of alkyl halides is 2. The fourth-order valence-electron chi connectivity index (χ4n) is 6.64. The van der Waals surface area contributed by atoms with Gasteiger partial charge < -0.3 is 26.4 Å². The van der Waals surface area contributed by atoms with E-state index in [1.165, 1.54) is 14.0 Å². The van der Waals surface area contributed by atoms with Crippen LogP contribution in [0.1, 0.15) is 99.5 Å². The summed E-state index contributed by atoms with van der Waals surface area (Å²) in [6.07, 6.45) is 3.27. The molecule has 47 heavy (non-hydrogen) atoms. The summed E-state index contributed by atoms with van der Waals surface area (Å²) in [7, 11) is 1.53. The Hall–Kier alpha value is -2.92. The minimum atomic E-state index is -4.06. The summed E-state index contributed by atoms with van der Waals surface area (Å²) in [5.41, 5.74) is 11.9. The van der Waals surface area contributed by atoms with Crippen molar-refractivity contribution >= 4 is 23.4 Å². The smallest absolute Gasteiger partial charge is 0.322 e. The van der Waals surface area contributed by atoms with Gasteiger partial charge in [-0.05, 0) is 81.9 Å². The van der Waals surface area contributed by atoms with E-state index in [2.05, 4.69) is 5.32 Å². The molecule has 0 bridgehead atoms. The zero-order valence-corrected chi connectivity index (χ0v) is 29.8. The molecule has 5 N–H and O–H groups in total. The number of hydrogen-bond donors (Lipinski definition) is 3. The zero-order chi connectivity index (χ0) is 35.9. The van der Waals surface area contributed by atoms with E-state index < -0.39 is 70.8 Å². The predicted molar refractivity (Wildman–Crippen MR) is 180 cm³/mol. The van der Waals surface area contributed by atoms with Gasteiger partial charge in [0.25, 0.3) is 0 Å². The number of nitrogens with one attached hydrogen (secondary N) is 1. The molecule has 0 aliphatic heterocycles. The van der Waals surface area contributed by atoms with Crippen molar-refractivity contribution in [2.75, 3.05) is 7.11 Å². The van der Waals surface area contributed by atoms with E-state index >= 15 is 8.78 Å². The maximum Gasteiger partial charge on any atom is 0.322 e. The Morgan fingerprint density at radius 3 is 1.98 bits per heavy atom. The average molecular weight is 665 g/mol. The van der Waals surface area contributed by atoms with E-state index in [1.807, 2.05) is 0 Å². The highest BCUT2D eigenvalue weighted by Gasteiger charge is 2.57. The summed E-state index contributed by atoms with van der Waals surface area (Å²) in [5.74, 6) is -9.25. The van der Waals surface area contributed by atoms with Crippen molar-refractivity contribution in [1.29, 1.82) is 0 Å². The molecule has 0 saturated heterocycles. The van der Waals surface area contributed by atoms with Crippen LogP contribution in [0.4, 0.5) is 8.78 Å². The number of ketones is 2. The van der Waals surface area contributed by atoms with Gasteiger partial charge in [0.1, 0.15) is 11.8 Å². The lowest BCUT2D eigenvalue weighted by Gasteiger charge is -2.48. The molecule has 2 amide bonds. The molecule has 1 aromatic rings. The Labute approximate surface area is 279 Å². The molecule has 2 rings (SSSR count). The van der Waals surface area contributed by atoms with Crippen molar-refractivity contribution in [3.8, 4) is 5.75 Å². The van der Waals surface area contributed by atoms with Crippen molar-refractivity contribution < 1.29 is 32.7 Å². The van der Waals surface area contributed by atoms with Gasteiger partial charge in [0.15, 0.2) is 5.78 Å². The monoisotopic (exact) mass is 664 g/mol. The first-order valence-electron chi connectivity index (χ1n) is 16.9. The highest BCUT2D eigenvalue weighted by molar-refractivity contribution is 6.01. The third-order valence-corrected chi connectivity index (χ3v) is 9.18. The Bertz CT molecular complexity index is 1210. The van der Waals surface area contributed by atoms with E-state index in [1.54, 1.807) is 72.7 Å². The lowest BCUT2D eigenvalue weighted by molar-refractivity contribution is -0.168. The van der Waals surface area contributed by atoms with Crippen LogP contribution in [0, 0.1) is 23.7 Å². The number of carbonyl (C=O) groups excluding carboxylic acids is 4. The van der Waals surface area contributed by atoms with E-state index in [4.69, 9.17) is 16.2 Å². The van der Waals surface area contributed by atoms with Gasteiger partial charge in [-0.15, -0.1) is 0 Å².